The summed E-state index contributed by atoms with van der Waals surface area (Å²) in [5, 5.41) is 0.654. The predicted molar refractivity (Wildman–Crippen MR) is 127 cm³/mol. The average Bonchev–Trinajstić information content (AvgIpc) is 3.07. The lowest BCUT2D eigenvalue weighted by Gasteiger charge is -2.41. The Labute approximate surface area is 196 Å². The van der Waals surface area contributed by atoms with E-state index in [4.69, 9.17) is 11.6 Å². The molecule has 0 bridgehead atoms. The van der Waals surface area contributed by atoms with Crippen LogP contribution in [0.2, 0.25) is 5.02 Å². The summed E-state index contributed by atoms with van der Waals surface area (Å²) >= 11 is 6.08. The number of rotatable bonds is 5. The number of carbonyl (C=O) groups is 1. The van der Waals surface area contributed by atoms with Crippen molar-refractivity contribution in [2.24, 2.45) is 5.92 Å². The lowest BCUT2D eigenvalue weighted by Crippen LogP contribution is -2.55. The smallest absolute Gasteiger partial charge is 0.243 e. The van der Waals surface area contributed by atoms with E-state index in [0.29, 0.717) is 29.3 Å². The molecule has 3 atom stereocenters. The number of likely N-dealkylation sites (tertiary alicyclic amines) is 1. The fourth-order valence-corrected chi connectivity index (χ4v) is 7.65. The second-order valence-electron chi connectivity index (χ2n) is 9.58. The largest absolute Gasteiger partial charge is 0.338 e. The third-order valence-electron chi connectivity index (χ3n) is 6.80. The summed E-state index contributed by atoms with van der Waals surface area (Å²) < 4.78 is 29.7. The Morgan fingerprint density at radius 2 is 1.75 bits per heavy atom. The number of benzene rings is 2. The molecule has 0 N–H and O–H groups in total. The van der Waals surface area contributed by atoms with Gasteiger partial charge >= 0.3 is 0 Å². The van der Waals surface area contributed by atoms with Gasteiger partial charge in [0, 0.05) is 29.1 Å². The van der Waals surface area contributed by atoms with E-state index in [0.717, 1.165) is 18.4 Å². The molecule has 2 heterocycles. The molecule has 2 aliphatic heterocycles. The first-order valence-corrected chi connectivity index (χ1v) is 13.1. The van der Waals surface area contributed by atoms with Crippen LogP contribution in [0.3, 0.4) is 0 Å². The van der Waals surface area contributed by atoms with Crippen molar-refractivity contribution in [1.29, 1.82) is 0 Å². The molecule has 0 radical (unpaired) electrons. The van der Waals surface area contributed by atoms with Crippen molar-refractivity contribution in [2.45, 2.75) is 69.0 Å². The molecule has 5 nitrogen and oxygen atoms in total. The summed E-state index contributed by atoms with van der Waals surface area (Å²) in [5.41, 5.74) is 0.378. The highest BCUT2D eigenvalue weighted by Gasteiger charge is 2.57. The Kier molecular flexibility index (Phi) is 6.40. The molecular formula is C25H31ClN2O3S. The van der Waals surface area contributed by atoms with E-state index in [2.05, 4.69) is 0 Å². The van der Waals surface area contributed by atoms with Crippen LogP contribution in [-0.4, -0.2) is 47.7 Å². The van der Waals surface area contributed by atoms with Gasteiger partial charge in [-0.15, -0.1) is 0 Å². The highest BCUT2D eigenvalue weighted by molar-refractivity contribution is 7.89. The Morgan fingerprint density at radius 3 is 2.38 bits per heavy atom. The maximum atomic E-state index is 14.0. The number of nitrogens with zero attached hydrogens (tertiary/aromatic N) is 2. The fourth-order valence-electron chi connectivity index (χ4n) is 5.47. The minimum Gasteiger partial charge on any atom is -0.338 e. The van der Waals surface area contributed by atoms with E-state index in [9.17, 15) is 13.2 Å². The minimum absolute atomic E-state index is 0.104. The molecule has 0 aromatic heterocycles. The van der Waals surface area contributed by atoms with Crippen LogP contribution in [0.1, 0.15) is 45.6 Å². The first-order chi connectivity index (χ1) is 15.1. The van der Waals surface area contributed by atoms with Gasteiger partial charge in [-0.05, 0) is 62.4 Å². The number of piperidine rings is 1. The third kappa shape index (κ3) is 4.20. The Balaban J connectivity index is 1.79. The standard InChI is InChI=1S/C25H31ClN2O3S/c1-18(2)24(29)27-15-7-10-22-23(27)17-25(3,16-19-11-13-20(26)14-12-19)28(22)32(30,31)21-8-5-4-6-9-21/h4-6,8-9,11-14,18,22-23H,7,10,15-17H2,1-3H3/t22-,23-,25+/m0/s1. The van der Waals surface area contributed by atoms with Gasteiger partial charge in [-0.25, -0.2) is 8.42 Å². The maximum Gasteiger partial charge on any atom is 0.243 e. The SMILES string of the molecule is CC(C)C(=O)N1CCC[C@H]2[C@@H]1C[C@@](C)(Cc1ccc(Cl)cc1)N2S(=O)(=O)c1ccccc1. The first-order valence-electron chi connectivity index (χ1n) is 11.3. The number of hydrogen-bond acceptors (Lipinski definition) is 3. The summed E-state index contributed by atoms with van der Waals surface area (Å²) in [4.78, 5) is 15.3. The molecule has 172 valence electrons. The molecule has 7 heteroatoms. The number of carbonyl (C=O) groups excluding carboxylic acids is 1. The molecule has 0 unspecified atom stereocenters. The van der Waals surface area contributed by atoms with Gasteiger partial charge < -0.3 is 4.90 Å². The second-order valence-corrected chi connectivity index (χ2v) is 11.8. The monoisotopic (exact) mass is 474 g/mol. The van der Waals surface area contributed by atoms with Gasteiger partial charge in [-0.1, -0.05) is 55.8 Å². The number of sulfonamides is 1. The molecule has 2 aromatic rings. The zero-order chi connectivity index (χ0) is 23.1. The van der Waals surface area contributed by atoms with E-state index < -0.39 is 15.6 Å². The van der Waals surface area contributed by atoms with Crippen molar-refractivity contribution in [1.82, 2.24) is 9.21 Å². The van der Waals surface area contributed by atoms with Crippen molar-refractivity contribution < 1.29 is 13.2 Å². The van der Waals surface area contributed by atoms with E-state index in [-0.39, 0.29) is 23.9 Å². The molecule has 1 amide bonds. The topological polar surface area (TPSA) is 57.7 Å². The summed E-state index contributed by atoms with van der Waals surface area (Å²) in [6, 6.07) is 15.9. The molecule has 2 aromatic carbocycles. The van der Waals surface area contributed by atoms with Gasteiger partial charge in [0.2, 0.25) is 15.9 Å². The fraction of sp³-hybridized carbons (Fsp3) is 0.480. The summed E-state index contributed by atoms with van der Waals surface area (Å²) in [6.45, 7) is 6.53. The zero-order valence-corrected chi connectivity index (χ0v) is 20.4. The van der Waals surface area contributed by atoms with Crippen molar-refractivity contribution in [3.8, 4) is 0 Å². The minimum atomic E-state index is -3.75. The third-order valence-corrected chi connectivity index (χ3v) is 9.15. The molecule has 2 aliphatic rings. The Bertz CT molecular complexity index is 1070. The van der Waals surface area contributed by atoms with E-state index in [1.165, 1.54) is 0 Å². The molecule has 4 rings (SSSR count). The Hall–Kier alpha value is -1.89. The molecule has 2 saturated heterocycles. The second kappa shape index (κ2) is 8.81. The van der Waals surface area contributed by atoms with E-state index in [1.807, 2.05) is 56.0 Å². The number of hydrogen-bond donors (Lipinski definition) is 0. The van der Waals surface area contributed by atoms with Crippen LogP contribution in [-0.2, 0) is 21.2 Å². The normalized spacial score (nSPS) is 26.3. The van der Waals surface area contributed by atoms with E-state index >= 15 is 0 Å². The predicted octanol–water partition coefficient (Wildman–Crippen LogP) is 4.75. The highest BCUT2D eigenvalue weighted by atomic mass is 35.5. The first kappa shape index (κ1) is 23.3. The van der Waals surface area contributed by atoms with Gasteiger partial charge in [0.05, 0.1) is 10.9 Å². The number of amides is 1. The van der Waals surface area contributed by atoms with Gasteiger partial charge in [-0.2, -0.15) is 4.31 Å². The molecular weight excluding hydrogens is 444 g/mol. The number of fused-ring (bicyclic) bond motifs is 1. The van der Waals surface area contributed by atoms with Crippen molar-refractivity contribution in [3.63, 3.8) is 0 Å². The summed E-state index contributed by atoms with van der Waals surface area (Å²) in [6.07, 6.45) is 2.74. The summed E-state index contributed by atoms with van der Waals surface area (Å²) in [7, 11) is -3.75. The van der Waals surface area contributed by atoms with Crippen LogP contribution < -0.4 is 0 Å². The molecule has 0 aliphatic carbocycles. The quantitative estimate of drug-likeness (QED) is 0.628. The van der Waals surface area contributed by atoms with Crippen molar-refractivity contribution >= 4 is 27.5 Å². The molecule has 0 saturated carbocycles. The van der Waals surface area contributed by atoms with E-state index in [1.54, 1.807) is 28.6 Å². The highest BCUT2D eigenvalue weighted by Crippen LogP contribution is 2.46. The van der Waals surface area contributed by atoms with Crippen molar-refractivity contribution in [2.75, 3.05) is 6.54 Å². The van der Waals surface area contributed by atoms with Crippen LogP contribution in [0.4, 0.5) is 0 Å². The molecule has 2 fully saturated rings. The van der Waals surface area contributed by atoms with Crippen LogP contribution >= 0.6 is 11.6 Å². The van der Waals surface area contributed by atoms with Crippen LogP contribution in [0.25, 0.3) is 0 Å². The van der Waals surface area contributed by atoms with Gasteiger partial charge in [-0.3, -0.25) is 4.79 Å². The molecule has 0 spiro atoms. The van der Waals surface area contributed by atoms with Gasteiger partial charge in [0.25, 0.3) is 0 Å². The average molecular weight is 475 g/mol. The van der Waals surface area contributed by atoms with Crippen molar-refractivity contribution in [3.05, 3.63) is 65.2 Å². The van der Waals surface area contributed by atoms with Crippen LogP contribution in [0, 0.1) is 5.92 Å². The van der Waals surface area contributed by atoms with Crippen LogP contribution in [0.15, 0.2) is 59.5 Å². The maximum absolute atomic E-state index is 14.0. The van der Waals surface area contributed by atoms with Gasteiger partial charge in [0.1, 0.15) is 0 Å². The number of halogens is 1. The molecule has 32 heavy (non-hydrogen) atoms. The van der Waals surface area contributed by atoms with Gasteiger partial charge in [0.15, 0.2) is 0 Å². The summed E-state index contributed by atoms with van der Waals surface area (Å²) in [5.74, 6) is -0.0106. The van der Waals surface area contributed by atoms with Crippen LogP contribution in [0.5, 0.6) is 0 Å². The lowest BCUT2D eigenvalue weighted by atomic mass is 9.88. The lowest BCUT2D eigenvalue weighted by molar-refractivity contribution is -0.138. The Morgan fingerprint density at radius 1 is 1.09 bits per heavy atom. The zero-order valence-electron chi connectivity index (χ0n) is 18.9.